The van der Waals surface area contributed by atoms with Crippen molar-refractivity contribution in [3.05, 3.63) is 58.4 Å². The molecular formula is C14H11ClFNOS. The summed E-state index contributed by atoms with van der Waals surface area (Å²) >= 11 is 9.84. The molecule has 0 radical (unpaired) electrons. The highest BCUT2D eigenvalue weighted by Crippen LogP contribution is 2.23. The molecule has 0 heterocycles. The molecule has 2 nitrogen and oxygen atoms in total. The van der Waals surface area contributed by atoms with Crippen molar-refractivity contribution < 1.29 is 9.18 Å². The molecule has 0 aliphatic carbocycles. The first-order valence-corrected chi connectivity index (χ1v) is 6.36. The molecule has 0 aliphatic rings. The van der Waals surface area contributed by atoms with Crippen molar-refractivity contribution in [3.8, 4) is 0 Å². The highest BCUT2D eigenvalue weighted by Gasteiger charge is 2.13. The molecule has 5 heteroatoms. The maximum atomic E-state index is 13.7. The molecule has 1 amide bonds. The maximum absolute atomic E-state index is 13.7. The number of benzene rings is 2. The van der Waals surface area contributed by atoms with Crippen molar-refractivity contribution >= 4 is 35.8 Å². The molecule has 2 aromatic carbocycles. The number of nitrogens with one attached hydrogen (secondary N) is 1. The molecule has 0 saturated carbocycles. The second kappa shape index (κ2) is 5.63. The number of thiol groups is 1. The number of aryl methyl sites for hydroxylation is 1. The van der Waals surface area contributed by atoms with Crippen LogP contribution in [-0.4, -0.2) is 5.91 Å². The summed E-state index contributed by atoms with van der Waals surface area (Å²) in [4.78, 5) is 12.8. The fourth-order valence-corrected chi connectivity index (χ4v) is 2.02. The van der Waals surface area contributed by atoms with Gasteiger partial charge in [0.15, 0.2) is 5.82 Å². The molecule has 0 bridgehead atoms. The minimum absolute atomic E-state index is 0.0301. The highest BCUT2D eigenvalue weighted by atomic mass is 35.5. The third-order valence-electron chi connectivity index (χ3n) is 2.67. The third-order valence-corrected chi connectivity index (χ3v) is 3.24. The number of rotatable bonds is 2. The topological polar surface area (TPSA) is 29.1 Å². The second-order valence-electron chi connectivity index (χ2n) is 4.05. The van der Waals surface area contributed by atoms with Crippen molar-refractivity contribution in [2.75, 3.05) is 5.32 Å². The quantitative estimate of drug-likeness (QED) is 0.793. The van der Waals surface area contributed by atoms with E-state index in [1.54, 1.807) is 31.2 Å². The van der Waals surface area contributed by atoms with Crippen molar-refractivity contribution in [2.24, 2.45) is 0 Å². The van der Waals surface area contributed by atoms with Gasteiger partial charge in [0.25, 0.3) is 5.91 Å². The Morgan fingerprint density at radius 2 is 2.05 bits per heavy atom. The lowest BCUT2D eigenvalue weighted by molar-refractivity contribution is 0.102. The summed E-state index contributed by atoms with van der Waals surface area (Å²) in [6.45, 7) is 1.80. The van der Waals surface area contributed by atoms with Gasteiger partial charge in [-0.2, -0.15) is 0 Å². The average Bonchev–Trinajstić information content (AvgIpc) is 2.38. The van der Waals surface area contributed by atoms with Gasteiger partial charge < -0.3 is 5.32 Å². The minimum Gasteiger partial charge on any atom is -0.319 e. The van der Waals surface area contributed by atoms with Crippen molar-refractivity contribution in [1.29, 1.82) is 0 Å². The van der Waals surface area contributed by atoms with Gasteiger partial charge in [0.1, 0.15) is 0 Å². The first kappa shape index (κ1) is 13.9. The van der Waals surface area contributed by atoms with E-state index < -0.39 is 11.7 Å². The van der Waals surface area contributed by atoms with E-state index in [4.69, 9.17) is 11.6 Å². The van der Waals surface area contributed by atoms with Gasteiger partial charge >= 0.3 is 0 Å². The molecule has 0 fully saturated rings. The Morgan fingerprint density at radius 1 is 1.32 bits per heavy atom. The zero-order valence-electron chi connectivity index (χ0n) is 10.1. The van der Waals surface area contributed by atoms with E-state index in [-0.39, 0.29) is 10.7 Å². The van der Waals surface area contributed by atoms with Crippen molar-refractivity contribution in [3.63, 3.8) is 0 Å². The molecule has 0 atom stereocenters. The van der Waals surface area contributed by atoms with Gasteiger partial charge in [0, 0.05) is 10.5 Å². The number of hydrogen-bond acceptors (Lipinski definition) is 2. The van der Waals surface area contributed by atoms with Crippen LogP contribution in [0.4, 0.5) is 10.1 Å². The van der Waals surface area contributed by atoms with E-state index in [9.17, 15) is 9.18 Å². The number of carbonyl (C=O) groups excluding carboxylic acids is 1. The minimum atomic E-state index is -0.641. The van der Waals surface area contributed by atoms with Crippen LogP contribution < -0.4 is 5.32 Å². The van der Waals surface area contributed by atoms with Crippen LogP contribution in [0.15, 0.2) is 41.3 Å². The van der Waals surface area contributed by atoms with Crippen LogP contribution >= 0.6 is 24.2 Å². The Bertz CT molecular complexity index is 645. The predicted molar refractivity (Wildman–Crippen MR) is 77.8 cm³/mol. The van der Waals surface area contributed by atoms with Gasteiger partial charge in [-0.1, -0.05) is 23.7 Å². The summed E-state index contributed by atoms with van der Waals surface area (Å²) in [6, 6.07) is 9.66. The van der Waals surface area contributed by atoms with Gasteiger partial charge in [0.05, 0.1) is 10.7 Å². The van der Waals surface area contributed by atoms with E-state index in [1.165, 1.54) is 12.1 Å². The summed E-state index contributed by atoms with van der Waals surface area (Å²) in [5, 5.41) is 2.47. The molecule has 0 spiro atoms. The number of anilines is 1. The summed E-state index contributed by atoms with van der Waals surface area (Å²) in [6.07, 6.45) is 0. The van der Waals surface area contributed by atoms with Crippen LogP contribution in [0.5, 0.6) is 0 Å². The number of halogens is 2. The van der Waals surface area contributed by atoms with Crippen molar-refractivity contribution in [2.45, 2.75) is 11.8 Å². The lowest BCUT2D eigenvalue weighted by Crippen LogP contribution is -2.14. The number of hydrogen-bond donors (Lipinski definition) is 2. The van der Waals surface area contributed by atoms with Crippen LogP contribution in [0.25, 0.3) is 0 Å². The van der Waals surface area contributed by atoms with Gasteiger partial charge in [0.2, 0.25) is 0 Å². The molecule has 0 aromatic heterocycles. The van der Waals surface area contributed by atoms with E-state index in [1.807, 2.05) is 0 Å². The summed E-state index contributed by atoms with van der Waals surface area (Å²) in [7, 11) is 0. The Kier molecular flexibility index (Phi) is 4.12. The smallest absolute Gasteiger partial charge is 0.256 e. The highest BCUT2D eigenvalue weighted by molar-refractivity contribution is 7.80. The molecule has 1 N–H and O–H groups in total. The fourth-order valence-electron chi connectivity index (χ4n) is 1.64. The standard InChI is InChI=1S/C14H11ClFNOS/c1-8-5-6-9(19)7-10(8)14(18)17-12-4-2-3-11(15)13(12)16/h2-7,19H,1H3,(H,17,18). The molecular weight excluding hydrogens is 285 g/mol. The summed E-state index contributed by atoms with van der Waals surface area (Å²) < 4.78 is 13.7. The largest absolute Gasteiger partial charge is 0.319 e. The van der Waals surface area contributed by atoms with E-state index in [2.05, 4.69) is 17.9 Å². The number of amides is 1. The zero-order valence-corrected chi connectivity index (χ0v) is 11.7. The molecule has 98 valence electrons. The molecule has 0 aliphatic heterocycles. The van der Waals surface area contributed by atoms with E-state index >= 15 is 0 Å². The third kappa shape index (κ3) is 3.08. The molecule has 19 heavy (non-hydrogen) atoms. The Labute approximate surface area is 121 Å². The van der Waals surface area contributed by atoms with Gasteiger partial charge in [-0.15, -0.1) is 12.6 Å². The van der Waals surface area contributed by atoms with E-state index in [0.717, 1.165) is 5.56 Å². The average molecular weight is 296 g/mol. The molecule has 2 rings (SSSR count). The van der Waals surface area contributed by atoms with Crippen LogP contribution in [0, 0.1) is 12.7 Å². The SMILES string of the molecule is Cc1ccc(S)cc1C(=O)Nc1cccc(Cl)c1F. The zero-order chi connectivity index (χ0) is 14.0. The predicted octanol–water partition coefficient (Wildman–Crippen LogP) is 4.33. The Hall–Kier alpha value is -1.52. The van der Waals surface area contributed by atoms with Crippen LogP contribution in [-0.2, 0) is 0 Å². The summed E-state index contributed by atoms with van der Waals surface area (Å²) in [5.41, 5.74) is 1.30. The lowest BCUT2D eigenvalue weighted by atomic mass is 10.1. The molecule has 0 unspecified atom stereocenters. The lowest BCUT2D eigenvalue weighted by Gasteiger charge is -2.09. The Morgan fingerprint density at radius 3 is 2.79 bits per heavy atom. The van der Waals surface area contributed by atoms with Gasteiger partial charge in [-0.25, -0.2) is 4.39 Å². The normalized spacial score (nSPS) is 10.3. The van der Waals surface area contributed by atoms with Crippen molar-refractivity contribution in [1.82, 2.24) is 0 Å². The second-order valence-corrected chi connectivity index (χ2v) is 4.98. The first-order chi connectivity index (χ1) is 8.99. The van der Waals surface area contributed by atoms with Crippen LogP contribution in [0.2, 0.25) is 5.02 Å². The molecule has 2 aromatic rings. The first-order valence-electron chi connectivity index (χ1n) is 5.54. The monoisotopic (exact) mass is 295 g/mol. The fraction of sp³-hybridized carbons (Fsp3) is 0.0714. The van der Waals surface area contributed by atoms with E-state index in [0.29, 0.717) is 10.5 Å². The van der Waals surface area contributed by atoms with Crippen LogP contribution in [0.3, 0.4) is 0 Å². The van der Waals surface area contributed by atoms with Gasteiger partial charge in [-0.05, 0) is 36.8 Å². The van der Waals surface area contributed by atoms with Gasteiger partial charge in [-0.3, -0.25) is 4.79 Å². The van der Waals surface area contributed by atoms with Crippen LogP contribution in [0.1, 0.15) is 15.9 Å². The maximum Gasteiger partial charge on any atom is 0.256 e. The summed E-state index contributed by atoms with van der Waals surface area (Å²) in [5.74, 6) is -1.04. The Balaban J connectivity index is 2.31. The number of carbonyl (C=O) groups is 1. The molecule has 0 saturated heterocycles.